The first-order valence-electron chi connectivity index (χ1n) is 24.2. The van der Waals surface area contributed by atoms with Gasteiger partial charge in [-0.1, -0.05) is 194 Å². The number of hydrogen-bond acceptors (Lipinski definition) is 3. The van der Waals surface area contributed by atoms with E-state index in [9.17, 15) is 0 Å². The third-order valence-electron chi connectivity index (χ3n) is 14.3. The number of anilines is 3. The molecule has 2 aromatic heterocycles. The number of fused-ring (bicyclic) bond motifs is 10. The van der Waals surface area contributed by atoms with Crippen LogP contribution in [-0.2, 0) is 0 Å². The molecule has 0 atom stereocenters. The van der Waals surface area contributed by atoms with E-state index < -0.39 is 0 Å². The van der Waals surface area contributed by atoms with E-state index in [-0.39, 0.29) is 0 Å². The number of nitrogens with zero attached hydrogens (tertiary/aromatic N) is 1. The highest BCUT2D eigenvalue weighted by Gasteiger charge is 2.19. The van der Waals surface area contributed by atoms with Crippen molar-refractivity contribution < 1.29 is 8.83 Å². The van der Waals surface area contributed by atoms with Crippen molar-refractivity contribution in [3.63, 3.8) is 0 Å². The molecule has 0 amide bonds. The van der Waals surface area contributed by atoms with Gasteiger partial charge in [-0.2, -0.15) is 0 Å². The second-order valence-corrected chi connectivity index (χ2v) is 18.4. The molecule has 71 heavy (non-hydrogen) atoms. The highest BCUT2D eigenvalue weighted by molar-refractivity contribution is 6.18. The van der Waals surface area contributed by atoms with Gasteiger partial charge >= 0.3 is 0 Å². The van der Waals surface area contributed by atoms with Gasteiger partial charge in [-0.25, -0.2) is 0 Å². The molecule has 332 valence electrons. The lowest BCUT2D eigenvalue weighted by Gasteiger charge is -2.26. The Balaban J connectivity index is 0.872. The van der Waals surface area contributed by atoms with Gasteiger partial charge in [0.05, 0.1) is 0 Å². The maximum atomic E-state index is 6.77. The SMILES string of the molecule is c1ccc(-c2cc(-c3ccccc3)cc(-c3ccc(N(c4ccc(-c5cccc6c5oc5c7ccccc7ccc65)cc4)c4ccc(-c5cccc6c5oc5c7ccccc7ccc65)cc4)cc3)c2)cc1. The molecule has 0 radical (unpaired) electrons. The summed E-state index contributed by atoms with van der Waals surface area (Å²) in [6.45, 7) is 0. The van der Waals surface area contributed by atoms with Gasteiger partial charge in [0, 0.05) is 60.5 Å². The zero-order chi connectivity index (χ0) is 46.8. The van der Waals surface area contributed by atoms with Gasteiger partial charge in [0.25, 0.3) is 0 Å². The van der Waals surface area contributed by atoms with Crippen LogP contribution in [0.3, 0.4) is 0 Å². The smallest absolute Gasteiger partial charge is 0.143 e. The molecule has 0 aliphatic heterocycles. The molecule has 0 saturated heterocycles. The largest absolute Gasteiger partial charge is 0.455 e. The number of para-hydroxylation sites is 2. The topological polar surface area (TPSA) is 29.5 Å². The molecule has 3 heteroatoms. The highest BCUT2D eigenvalue weighted by Crippen LogP contribution is 2.44. The lowest BCUT2D eigenvalue weighted by Crippen LogP contribution is -2.09. The van der Waals surface area contributed by atoms with Crippen molar-refractivity contribution in [1.82, 2.24) is 0 Å². The van der Waals surface area contributed by atoms with E-state index in [1.54, 1.807) is 0 Å². The van der Waals surface area contributed by atoms with E-state index >= 15 is 0 Å². The third kappa shape index (κ3) is 6.97. The van der Waals surface area contributed by atoms with Gasteiger partial charge < -0.3 is 13.7 Å². The van der Waals surface area contributed by atoms with Crippen molar-refractivity contribution in [3.8, 4) is 55.6 Å². The van der Waals surface area contributed by atoms with Gasteiger partial charge in [-0.05, 0) is 122 Å². The molecule has 3 nitrogen and oxygen atoms in total. The number of rotatable bonds is 8. The first-order chi connectivity index (χ1) is 35.2. The minimum Gasteiger partial charge on any atom is -0.455 e. The van der Waals surface area contributed by atoms with Crippen LogP contribution in [0.25, 0.3) is 121 Å². The fourth-order valence-electron chi connectivity index (χ4n) is 10.7. The number of benzene rings is 12. The highest BCUT2D eigenvalue weighted by atomic mass is 16.3. The Morgan fingerprint density at radius 3 is 0.972 bits per heavy atom. The maximum Gasteiger partial charge on any atom is 0.143 e. The lowest BCUT2D eigenvalue weighted by molar-refractivity contribution is 0.673. The summed E-state index contributed by atoms with van der Waals surface area (Å²) in [6.07, 6.45) is 0. The summed E-state index contributed by atoms with van der Waals surface area (Å²) in [5.41, 5.74) is 18.2. The van der Waals surface area contributed by atoms with Gasteiger partial charge in [-0.15, -0.1) is 0 Å². The van der Waals surface area contributed by atoms with Crippen LogP contribution in [0.15, 0.2) is 270 Å². The molecular weight excluding hydrogens is 863 g/mol. The Kier molecular flexibility index (Phi) is 9.53. The second-order valence-electron chi connectivity index (χ2n) is 18.4. The molecule has 14 aromatic rings. The summed E-state index contributed by atoms with van der Waals surface area (Å²) in [5, 5.41) is 9.08. The average molecular weight is 906 g/mol. The Hall–Kier alpha value is -9.44. The first kappa shape index (κ1) is 40.6. The molecule has 0 saturated carbocycles. The zero-order valence-electron chi connectivity index (χ0n) is 38.6. The molecule has 14 rings (SSSR count). The predicted octanol–water partition coefficient (Wildman–Crippen LogP) is 19.6. The molecule has 0 spiro atoms. The van der Waals surface area contributed by atoms with Gasteiger partial charge in [-0.3, -0.25) is 0 Å². The van der Waals surface area contributed by atoms with Crippen LogP contribution in [0.2, 0.25) is 0 Å². The van der Waals surface area contributed by atoms with Crippen molar-refractivity contribution in [1.29, 1.82) is 0 Å². The monoisotopic (exact) mass is 905 g/mol. The molecule has 0 N–H and O–H groups in total. The molecule has 12 aromatic carbocycles. The number of furan rings is 2. The molecule has 0 bridgehead atoms. The van der Waals surface area contributed by atoms with Crippen molar-refractivity contribution in [2.24, 2.45) is 0 Å². The van der Waals surface area contributed by atoms with Crippen LogP contribution in [0.4, 0.5) is 17.1 Å². The minimum atomic E-state index is 0.897. The molecule has 0 fully saturated rings. The summed E-state index contributed by atoms with van der Waals surface area (Å²) in [7, 11) is 0. The molecule has 0 unspecified atom stereocenters. The van der Waals surface area contributed by atoms with E-state index in [1.807, 2.05) is 0 Å². The average Bonchev–Trinajstić information content (AvgIpc) is 4.04. The normalized spacial score (nSPS) is 11.7. The number of hydrogen-bond donors (Lipinski definition) is 0. The van der Waals surface area contributed by atoms with Gasteiger partial charge in [0.15, 0.2) is 0 Å². The standard InChI is InChI=1S/C68H43NO2/c1-3-13-44(14-4-1)51-41-52(45-15-5-2-6-16-45)43-53(42-51)46-25-33-54(34-26-46)69(55-35-27-49(28-36-55)59-21-11-23-61-63-39-31-47-17-7-9-19-57(47)67(63)70-65(59)61)56-37-29-50(30-38-56)60-22-12-24-62-64-40-32-48-18-8-10-20-58(48)68(64)71-66(60)62/h1-43H. The summed E-state index contributed by atoms with van der Waals surface area (Å²) < 4.78 is 13.5. The van der Waals surface area contributed by atoms with Crippen LogP contribution in [-0.4, -0.2) is 0 Å². The van der Waals surface area contributed by atoms with Crippen molar-refractivity contribution >= 4 is 82.5 Å². The fourth-order valence-corrected chi connectivity index (χ4v) is 10.7. The summed E-state index contributed by atoms with van der Waals surface area (Å²) in [4.78, 5) is 2.34. The second kappa shape index (κ2) is 16.7. The van der Waals surface area contributed by atoms with Crippen molar-refractivity contribution in [2.45, 2.75) is 0 Å². The van der Waals surface area contributed by atoms with Gasteiger partial charge in [0.2, 0.25) is 0 Å². The van der Waals surface area contributed by atoms with Crippen LogP contribution in [0.5, 0.6) is 0 Å². The molecular formula is C68H43NO2. The fraction of sp³-hybridized carbons (Fsp3) is 0. The molecule has 2 heterocycles. The lowest BCUT2D eigenvalue weighted by atomic mass is 9.93. The summed E-state index contributed by atoms with van der Waals surface area (Å²) >= 11 is 0. The van der Waals surface area contributed by atoms with Crippen LogP contribution >= 0.6 is 0 Å². The molecule has 0 aliphatic carbocycles. The van der Waals surface area contributed by atoms with Crippen molar-refractivity contribution in [3.05, 3.63) is 261 Å². The Morgan fingerprint density at radius 2 is 0.549 bits per heavy atom. The zero-order valence-corrected chi connectivity index (χ0v) is 38.6. The van der Waals surface area contributed by atoms with Crippen molar-refractivity contribution in [2.75, 3.05) is 4.90 Å². The van der Waals surface area contributed by atoms with Crippen LogP contribution in [0, 0.1) is 0 Å². The maximum absolute atomic E-state index is 6.77. The van der Waals surface area contributed by atoms with E-state index in [0.29, 0.717) is 0 Å². The Morgan fingerprint density at radius 1 is 0.211 bits per heavy atom. The quantitative estimate of drug-likeness (QED) is 0.152. The predicted molar refractivity (Wildman–Crippen MR) is 298 cm³/mol. The van der Waals surface area contributed by atoms with Crippen LogP contribution < -0.4 is 4.90 Å². The summed E-state index contributed by atoms with van der Waals surface area (Å²) in [5.74, 6) is 0. The Bertz CT molecular complexity index is 4050. The van der Waals surface area contributed by atoms with Gasteiger partial charge in [0.1, 0.15) is 22.3 Å². The minimum absolute atomic E-state index is 0.897. The van der Waals surface area contributed by atoms with E-state index in [1.165, 1.54) is 33.0 Å². The first-order valence-corrected chi connectivity index (χ1v) is 24.2. The van der Waals surface area contributed by atoms with Crippen LogP contribution in [0.1, 0.15) is 0 Å². The Labute approximate surface area is 410 Å². The molecule has 0 aliphatic rings. The van der Waals surface area contributed by atoms with E-state index in [4.69, 9.17) is 8.83 Å². The van der Waals surface area contributed by atoms with E-state index in [0.717, 1.165) is 105 Å². The van der Waals surface area contributed by atoms with E-state index in [2.05, 4.69) is 266 Å². The summed E-state index contributed by atoms with van der Waals surface area (Å²) in [6, 6.07) is 93.5. The third-order valence-corrected chi connectivity index (χ3v) is 14.3.